The van der Waals surface area contributed by atoms with Crippen molar-refractivity contribution in [3.63, 3.8) is 0 Å². The number of nitrogens with zero attached hydrogens (tertiary/aromatic N) is 2. The fourth-order valence-corrected chi connectivity index (χ4v) is 7.62. The molecule has 0 spiro atoms. The maximum Gasteiger partial charge on any atom is 0.261 e. The van der Waals surface area contributed by atoms with Crippen molar-refractivity contribution in [2.24, 2.45) is 5.41 Å². The topological polar surface area (TPSA) is 101 Å². The van der Waals surface area contributed by atoms with E-state index >= 15 is 0 Å². The number of hydrogen-bond acceptors (Lipinski definition) is 6. The summed E-state index contributed by atoms with van der Waals surface area (Å²) in [5.41, 5.74) is 6.77. The van der Waals surface area contributed by atoms with Crippen LogP contribution in [0.3, 0.4) is 0 Å². The number of aromatic nitrogens is 1. The fourth-order valence-electron chi connectivity index (χ4n) is 6.67. The second kappa shape index (κ2) is 18.4. The van der Waals surface area contributed by atoms with Crippen LogP contribution >= 0.6 is 11.3 Å². The molecular weight excluding hydrogens is 681 g/mol. The number of pyridine rings is 1. The van der Waals surface area contributed by atoms with E-state index in [0.29, 0.717) is 51.8 Å². The lowest BCUT2D eigenvalue weighted by molar-refractivity contribution is 0.0105. The van der Waals surface area contributed by atoms with Gasteiger partial charge in [0.15, 0.2) is 0 Å². The maximum atomic E-state index is 13.8. The molecule has 1 aliphatic carbocycles. The molecule has 0 unspecified atom stereocenters. The van der Waals surface area contributed by atoms with E-state index in [4.69, 9.17) is 4.74 Å². The quantitative estimate of drug-likeness (QED) is 0.188. The second-order valence-corrected chi connectivity index (χ2v) is 14.9. The van der Waals surface area contributed by atoms with Gasteiger partial charge in [-0.2, -0.15) is 0 Å². The highest BCUT2D eigenvalue weighted by atomic mass is 32.1. The van der Waals surface area contributed by atoms with Gasteiger partial charge in [-0.3, -0.25) is 19.4 Å². The molecule has 0 radical (unpaired) electrons. The summed E-state index contributed by atoms with van der Waals surface area (Å²) < 4.78 is 5.33. The Morgan fingerprint density at radius 2 is 1.62 bits per heavy atom. The Labute approximate surface area is 319 Å². The van der Waals surface area contributed by atoms with Gasteiger partial charge in [0.2, 0.25) is 0 Å². The molecule has 4 heterocycles. The summed E-state index contributed by atoms with van der Waals surface area (Å²) in [7, 11) is 0. The van der Waals surface area contributed by atoms with Crippen molar-refractivity contribution in [2.45, 2.75) is 92.5 Å². The normalized spacial score (nSPS) is 16.0. The number of benzene rings is 2. The standard InChI is InChI=1S/C33H30N4O3S.C9H18O.C2H6/c1-20-17-27(21(2)34-19-20)31(38)35-25-9-7-22(8-10-25)33(40)37-16-15-24(18-23-5-3-4-6-28(23)37)29-13-14-30(41-29)32(39)36-26-11-12-26;1-3-9(4-2)5-7-10-8-6-9;1-2/h3-10,13-14,17-19,26H,11-12,15-16H2,1-2H3,(H,35,38)(H,36,39);3-8H2,1-2H3;1-2H3. The van der Waals surface area contributed by atoms with Crippen LogP contribution < -0.4 is 15.5 Å². The number of thiophene rings is 1. The Morgan fingerprint density at radius 1 is 0.925 bits per heavy atom. The minimum atomic E-state index is -0.236. The van der Waals surface area contributed by atoms with E-state index in [1.54, 1.807) is 37.4 Å². The molecule has 2 aliphatic heterocycles. The average Bonchev–Trinajstić information content (AvgIpc) is 3.92. The molecule has 53 heavy (non-hydrogen) atoms. The van der Waals surface area contributed by atoms with Crippen molar-refractivity contribution in [1.29, 1.82) is 0 Å². The Morgan fingerprint density at radius 3 is 2.28 bits per heavy atom. The van der Waals surface area contributed by atoms with Gasteiger partial charge < -0.3 is 20.3 Å². The number of fused-ring (bicyclic) bond motifs is 1. The Bertz CT molecular complexity index is 1900. The van der Waals surface area contributed by atoms with Gasteiger partial charge in [0.05, 0.1) is 16.1 Å². The third kappa shape index (κ3) is 10.1. The Hall–Kier alpha value is -4.60. The van der Waals surface area contributed by atoms with E-state index in [0.717, 1.165) is 53.3 Å². The minimum absolute atomic E-state index is 0.0134. The fraction of sp³-hybridized carbons (Fsp3) is 0.409. The number of nitrogens with one attached hydrogen (secondary N) is 2. The first-order chi connectivity index (χ1) is 25.7. The van der Waals surface area contributed by atoms with Crippen molar-refractivity contribution >= 4 is 52.1 Å². The third-order valence-corrected chi connectivity index (χ3v) is 11.5. The van der Waals surface area contributed by atoms with Crippen LogP contribution in [-0.4, -0.2) is 48.5 Å². The van der Waals surface area contributed by atoms with Gasteiger partial charge in [0.25, 0.3) is 17.7 Å². The van der Waals surface area contributed by atoms with Crippen LogP contribution in [0, 0.1) is 19.3 Å². The third-order valence-electron chi connectivity index (χ3n) is 10.4. The monoisotopic (exact) mass is 734 g/mol. The zero-order valence-corrected chi connectivity index (χ0v) is 32.9. The van der Waals surface area contributed by atoms with Crippen molar-refractivity contribution in [3.05, 3.63) is 111 Å². The van der Waals surface area contributed by atoms with Crippen LogP contribution in [0.4, 0.5) is 11.4 Å². The lowest BCUT2D eigenvalue weighted by Crippen LogP contribution is -2.32. The minimum Gasteiger partial charge on any atom is -0.381 e. The molecule has 2 N–H and O–H groups in total. The number of anilines is 2. The van der Waals surface area contributed by atoms with Gasteiger partial charge in [0, 0.05) is 53.8 Å². The van der Waals surface area contributed by atoms with E-state index in [1.165, 1.54) is 37.0 Å². The summed E-state index contributed by atoms with van der Waals surface area (Å²) >= 11 is 1.49. The van der Waals surface area contributed by atoms with Crippen molar-refractivity contribution in [3.8, 4) is 0 Å². The van der Waals surface area contributed by atoms with Gasteiger partial charge in [-0.15, -0.1) is 11.3 Å². The molecular formula is C44H54N4O4S. The zero-order chi connectivity index (χ0) is 38.0. The highest BCUT2D eigenvalue weighted by Crippen LogP contribution is 2.37. The molecule has 9 heteroatoms. The number of aryl methyl sites for hydroxylation is 2. The first-order valence-electron chi connectivity index (χ1n) is 19.1. The van der Waals surface area contributed by atoms with E-state index in [9.17, 15) is 14.4 Å². The van der Waals surface area contributed by atoms with Gasteiger partial charge >= 0.3 is 0 Å². The highest BCUT2D eigenvalue weighted by molar-refractivity contribution is 7.15. The molecule has 280 valence electrons. The molecule has 0 atom stereocenters. The first-order valence-corrected chi connectivity index (χ1v) is 19.9. The van der Waals surface area contributed by atoms with Crippen LogP contribution in [0.2, 0.25) is 0 Å². The summed E-state index contributed by atoms with van der Waals surface area (Å²) in [6.07, 6.45) is 11.8. The van der Waals surface area contributed by atoms with Gasteiger partial charge in [-0.25, -0.2) is 0 Å². The number of hydrogen-bond donors (Lipinski definition) is 2. The molecule has 0 bridgehead atoms. The number of amides is 3. The van der Waals surface area contributed by atoms with Crippen LogP contribution in [0.1, 0.15) is 125 Å². The second-order valence-electron chi connectivity index (χ2n) is 13.8. The average molecular weight is 735 g/mol. The molecule has 1 saturated carbocycles. The molecule has 3 aliphatic rings. The van der Waals surface area contributed by atoms with E-state index in [1.807, 2.05) is 68.1 Å². The summed E-state index contributed by atoms with van der Waals surface area (Å²) in [6, 6.07) is 20.9. The summed E-state index contributed by atoms with van der Waals surface area (Å²) in [5.74, 6) is -0.362. The largest absolute Gasteiger partial charge is 0.381 e. The lowest BCUT2D eigenvalue weighted by Gasteiger charge is -2.35. The molecule has 2 aromatic carbocycles. The molecule has 2 aromatic heterocycles. The number of rotatable bonds is 8. The number of para-hydroxylation sites is 1. The summed E-state index contributed by atoms with van der Waals surface area (Å²) in [4.78, 5) is 46.9. The maximum absolute atomic E-state index is 13.8. The zero-order valence-electron chi connectivity index (χ0n) is 32.1. The van der Waals surface area contributed by atoms with Crippen molar-refractivity contribution in [1.82, 2.24) is 10.3 Å². The number of ether oxygens (including phenoxy) is 1. The highest BCUT2D eigenvalue weighted by Gasteiger charge is 2.29. The molecule has 7 rings (SSSR count). The molecule has 1 saturated heterocycles. The van der Waals surface area contributed by atoms with E-state index in [-0.39, 0.29) is 17.7 Å². The van der Waals surface area contributed by atoms with E-state index in [2.05, 4.69) is 35.5 Å². The Kier molecular flexibility index (Phi) is 13.8. The summed E-state index contributed by atoms with van der Waals surface area (Å²) in [5, 5.41) is 5.96. The lowest BCUT2D eigenvalue weighted by atomic mass is 9.76. The molecule has 4 aromatic rings. The number of carbonyl (C=O) groups excluding carboxylic acids is 3. The van der Waals surface area contributed by atoms with Crippen LogP contribution in [0.25, 0.3) is 11.6 Å². The molecule has 3 amide bonds. The van der Waals surface area contributed by atoms with Gasteiger partial charge in [0.1, 0.15) is 0 Å². The smallest absolute Gasteiger partial charge is 0.261 e. The first kappa shape index (κ1) is 39.6. The van der Waals surface area contributed by atoms with Crippen molar-refractivity contribution in [2.75, 3.05) is 30.0 Å². The summed E-state index contributed by atoms with van der Waals surface area (Å²) in [6.45, 7) is 14.8. The molecule has 8 nitrogen and oxygen atoms in total. The number of carbonyl (C=O) groups is 3. The Balaban J connectivity index is 0.000000388. The SMILES string of the molecule is CC.CCC1(CC)CCOCC1.Cc1cnc(C)c(C(=O)Nc2ccc(C(=O)N3CCC(c4ccc(C(=O)NC5CC5)s4)=Cc4ccccc43)cc2)c1. The van der Waals surface area contributed by atoms with Gasteiger partial charge in [-0.1, -0.05) is 58.7 Å². The van der Waals surface area contributed by atoms with Crippen LogP contribution in [0.15, 0.2) is 72.9 Å². The predicted molar refractivity (Wildman–Crippen MR) is 218 cm³/mol. The van der Waals surface area contributed by atoms with Crippen molar-refractivity contribution < 1.29 is 19.1 Å². The van der Waals surface area contributed by atoms with Crippen LogP contribution in [-0.2, 0) is 4.74 Å². The predicted octanol–water partition coefficient (Wildman–Crippen LogP) is 10.1. The van der Waals surface area contributed by atoms with Gasteiger partial charge in [-0.05, 0) is 123 Å². The molecule has 2 fully saturated rings. The van der Waals surface area contributed by atoms with E-state index < -0.39 is 0 Å². The van der Waals surface area contributed by atoms with Crippen LogP contribution in [0.5, 0.6) is 0 Å².